The fraction of sp³-hybridized carbons (Fsp3) is 0.296. The summed E-state index contributed by atoms with van der Waals surface area (Å²) >= 11 is 0. The molecule has 3 aromatic carbocycles. The van der Waals surface area contributed by atoms with Gasteiger partial charge in [-0.05, 0) is 42.4 Å². The van der Waals surface area contributed by atoms with Crippen molar-refractivity contribution in [2.24, 2.45) is 0 Å². The van der Waals surface area contributed by atoms with Crippen LogP contribution in [0.1, 0.15) is 17.2 Å². The van der Waals surface area contributed by atoms with Crippen LogP contribution in [-0.4, -0.2) is 62.6 Å². The number of nitrogens with zero attached hydrogens (tertiary/aromatic N) is 3. The second-order valence-corrected chi connectivity index (χ2v) is 8.20. The molecule has 3 aromatic rings. The molecule has 0 saturated carbocycles. The molecule has 1 fully saturated rings. The maximum atomic E-state index is 13.2. The highest BCUT2D eigenvalue weighted by Gasteiger charge is 2.26. The number of amides is 1. The molecule has 0 spiro atoms. The molecule has 5 heteroatoms. The molecule has 1 aliphatic rings. The van der Waals surface area contributed by atoms with E-state index in [2.05, 4.69) is 70.5 Å². The quantitative estimate of drug-likeness (QED) is 0.567. The van der Waals surface area contributed by atoms with Crippen LogP contribution in [0, 0.1) is 0 Å². The highest BCUT2D eigenvalue weighted by atomic mass is 16.5. The fourth-order valence-corrected chi connectivity index (χ4v) is 4.38. The molecule has 0 unspecified atom stereocenters. The third kappa shape index (κ3) is 5.11. The van der Waals surface area contributed by atoms with Crippen molar-refractivity contribution in [2.45, 2.75) is 6.04 Å². The third-order valence-corrected chi connectivity index (χ3v) is 6.13. The molecule has 0 aliphatic carbocycles. The van der Waals surface area contributed by atoms with Crippen LogP contribution in [-0.2, 0) is 4.79 Å². The van der Waals surface area contributed by atoms with E-state index >= 15 is 0 Å². The van der Waals surface area contributed by atoms with Gasteiger partial charge in [0.15, 0.2) is 0 Å². The number of methoxy groups -OCH3 is 1. The highest BCUT2D eigenvalue weighted by molar-refractivity contribution is 5.78. The van der Waals surface area contributed by atoms with Crippen molar-refractivity contribution in [3.05, 3.63) is 96.1 Å². The summed E-state index contributed by atoms with van der Waals surface area (Å²) in [6.45, 7) is 3.53. The average molecular weight is 430 g/mol. The van der Waals surface area contributed by atoms with E-state index < -0.39 is 0 Å². The Balaban J connectivity index is 1.39. The van der Waals surface area contributed by atoms with Crippen molar-refractivity contribution >= 4 is 11.6 Å². The predicted molar refractivity (Wildman–Crippen MR) is 129 cm³/mol. The Bertz CT molecular complexity index is 945. The summed E-state index contributed by atoms with van der Waals surface area (Å²) in [5.74, 6) is 1.04. The smallest absolute Gasteiger partial charge is 0.236 e. The first kappa shape index (κ1) is 21.9. The lowest BCUT2D eigenvalue weighted by Gasteiger charge is -2.37. The summed E-state index contributed by atoms with van der Waals surface area (Å²) in [6, 6.07) is 29.0. The molecule has 1 amide bonds. The molecular formula is C27H31N3O2. The Morgan fingerprint density at radius 3 is 1.88 bits per heavy atom. The monoisotopic (exact) mass is 429 g/mol. The molecular weight excluding hydrogens is 398 g/mol. The van der Waals surface area contributed by atoms with Crippen LogP contribution < -0.4 is 9.64 Å². The van der Waals surface area contributed by atoms with Gasteiger partial charge in [-0.3, -0.25) is 9.69 Å². The number of carbonyl (C=O) groups excluding carboxylic acids is 1. The molecule has 0 N–H and O–H groups in total. The van der Waals surface area contributed by atoms with E-state index in [0.717, 1.165) is 31.9 Å². The number of carbonyl (C=O) groups is 1. The highest BCUT2D eigenvalue weighted by Crippen LogP contribution is 2.27. The Labute approximate surface area is 190 Å². The van der Waals surface area contributed by atoms with E-state index in [1.807, 2.05) is 36.2 Å². The summed E-state index contributed by atoms with van der Waals surface area (Å²) in [5, 5.41) is 0. The zero-order valence-electron chi connectivity index (χ0n) is 18.9. The first-order valence-corrected chi connectivity index (χ1v) is 11.1. The van der Waals surface area contributed by atoms with Crippen LogP contribution in [0.15, 0.2) is 84.9 Å². The molecule has 4 rings (SSSR count). The van der Waals surface area contributed by atoms with Gasteiger partial charge in [0.2, 0.25) is 5.91 Å². The minimum absolute atomic E-state index is 0.0435. The van der Waals surface area contributed by atoms with Crippen molar-refractivity contribution in [1.29, 1.82) is 0 Å². The summed E-state index contributed by atoms with van der Waals surface area (Å²) in [7, 11) is 3.72. The van der Waals surface area contributed by atoms with Gasteiger partial charge < -0.3 is 14.5 Å². The van der Waals surface area contributed by atoms with Crippen LogP contribution in [0.4, 0.5) is 5.69 Å². The van der Waals surface area contributed by atoms with Gasteiger partial charge in [-0.2, -0.15) is 0 Å². The van der Waals surface area contributed by atoms with E-state index in [-0.39, 0.29) is 11.9 Å². The first-order valence-electron chi connectivity index (χ1n) is 11.1. The lowest BCUT2D eigenvalue weighted by Crippen LogP contribution is -2.51. The fourth-order valence-electron chi connectivity index (χ4n) is 4.38. The van der Waals surface area contributed by atoms with Crippen LogP contribution in [0.2, 0.25) is 0 Å². The Morgan fingerprint density at radius 2 is 1.38 bits per heavy atom. The lowest BCUT2D eigenvalue weighted by molar-refractivity contribution is -0.132. The Kier molecular flexibility index (Phi) is 7.07. The molecule has 166 valence electrons. The van der Waals surface area contributed by atoms with Crippen molar-refractivity contribution in [3.8, 4) is 5.75 Å². The Morgan fingerprint density at radius 1 is 0.844 bits per heavy atom. The SMILES string of the molecule is COc1ccc(N2CCN(C(=O)CN(C)C(c3ccccc3)c3ccccc3)CC2)cc1. The summed E-state index contributed by atoms with van der Waals surface area (Å²) in [4.78, 5) is 19.6. The zero-order chi connectivity index (χ0) is 22.3. The summed E-state index contributed by atoms with van der Waals surface area (Å²) < 4.78 is 5.25. The van der Waals surface area contributed by atoms with Gasteiger partial charge in [-0.15, -0.1) is 0 Å². The number of benzene rings is 3. The van der Waals surface area contributed by atoms with Gasteiger partial charge in [0.05, 0.1) is 19.7 Å². The second-order valence-electron chi connectivity index (χ2n) is 8.20. The zero-order valence-corrected chi connectivity index (χ0v) is 18.9. The van der Waals surface area contributed by atoms with Gasteiger partial charge >= 0.3 is 0 Å². The van der Waals surface area contributed by atoms with Gasteiger partial charge in [0.25, 0.3) is 0 Å². The number of hydrogen-bond donors (Lipinski definition) is 0. The molecule has 0 atom stereocenters. The largest absolute Gasteiger partial charge is 0.497 e. The summed E-state index contributed by atoms with van der Waals surface area (Å²) in [6.07, 6.45) is 0. The Hall–Kier alpha value is -3.31. The number of likely N-dealkylation sites (N-methyl/N-ethyl adjacent to an activating group) is 1. The number of piperazine rings is 1. The van der Waals surface area contributed by atoms with Crippen molar-refractivity contribution in [1.82, 2.24) is 9.80 Å². The number of anilines is 1. The topological polar surface area (TPSA) is 36.0 Å². The second kappa shape index (κ2) is 10.3. The van der Waals surface area contributed by atoms with Gasteiger partial charge in [-0.25, -0.2) is 0 Å². The standard InChI is InChI=1S/C27H31N3O2/c1-28(27(22-9-5-3-6-10-22)23-11-7-4-8-12-23)21-26(31)30-19-17-29(18-20-30)24-13-15-25(32-2)16-14-24/h3-16,27H,17-21H2,1-2H3. The van der Waals surface area contributed by atoms with Crippen molar-refractivity contribution in [3.63, 3.8) is 0 Å². The predicted octanol–water partition coefficient (Wildman–Crippen LogP) is 4.07. The normalized spacial score (nSPS) is 14.1. The van der Waals surface area contributed by atoms with Crippen LogP contribution >= 0.6 is 0 Å². The molecule has 0 bridgehead atoms. The maximum Gasteiger partial charge on any atom is 0.236 e. The summed E-state index contributed by atoms with van der Waals surface area (Å²) in [5.41, 5.74) is 3.56. The number of hydrogen-bond acceptors (Lipinski definition) is 4. The van der Waals surface area contributed by atoms with E-state index in [1.54, 1.807) is 7.11 Å². The van der Waals surface area contributed by atoms with Gasteiger partial charge in [0, 0.05) is 31.9 Å². The van der Waals surface area contributed by atoms with Crippen molar-refractivity contribution < 1.29 is 9.53 Å². The van der Waals surface area contributed by atoms with Gasteiger partial charge in [-0.1, -0.05) is 60.7 Å². The van der Waals surface area contributed by atoms with Crippen LogP contribution in [0.25, 0.3) is 0 Å². The lowest BCUT2D eigenvalue weighted by atomic mass is 9.97. The average Bonchev–Trinajstić information content (AvgIpc) is 2.85. The molecule has 1 aliphatic heterocycles. The molecule has 5 nitrogen and oxygen atoms in total. The molecule has 0 aromatic heterocycles. The number of ether oxygens (including phenoxy) is 1. The first-order chi connectivity index (χ1) is 15.7. The molecule has 1 saturated heterocycles. The number of rotatable bonds is 7. The van der Waals surface area contributed by atoms with Gasteiger partial charge in [0.1, 0.15) is 5.75 Å². The minimum atomic E-state index is 0.0435. The minimum Gasteiger partial charge on any atom is -0.497 e. The maximum absolute atomic E-state index is 13.2. The van der Waals surface area contributed by atoms with E-state index in [9.17, 15) is 4.79 Å². The van der Waals surface area contributed by atoms with E-state index in [1.165, 1.54) is 16.8 Å². The third-order valence-electron chi connectivity index (χ3n) is 6.13. The molecule has 1 heterocycles. The molecule has 32 heavy (non-hydrogen) atoms. The van der Waals surface area contributed by atoms with E-state index in [4.69, 9.17) is 4.74 Å². The molecule has 0 radical (unpaired) electrons. The van der Waals surface area contributed by atoms with Crippen LogP contribution in [0.5, 0.6) is 5.75 Å². The van der Waals surface area contributed by atoms with Crippen LogP contribution in [0.3, 0.4) is 0 Å². The van der Waals surface area contributed by atoms with E-state index in [0.29, 0.717) is 6.54 Å². The van der Waals surface area contributed by atoms with Crippen molar-refractivity contribution in [2.75, 3.05) is 51.8 Å².